The Hall–Kier alpha value is -0.380. The molecule has 106 valence electrons. The fraction of sp³-hybridized carbons (Fsp3) is 0.625. The highest BCUT2D eigenvalue weighted by atomic mass is 79.9. The number of rotatable bonds is 6. The van der Waals surface area contributed by atoms with Gasteiger partial charge in [0.25, 0.3) is 0 Å². The lowest BCUT2D eigenvalue weighted by molar-refractivity contribution is 0.335. The quantitative estimate of drug-likeness (QED) is 0.863. The van der Waals surface area contributed by atoms with Crippen molar-refractivity contribution >= 4 is 15.9 Å². The van der Waals surface area contributed by atoms with Gasteiger partial charge in [-0.05, 0) is 63.0 Å². The fourth-order valence-corrected chi connectivity index (χ4v) is 3.05. The van der Waals surface area contributed by atoms with Gasteiger partial charge in [-0.2, -0.15) is 0 Å². The van der Waals surface area contributed by atoms with Gasteiger partial charge >= 0.3 is 0 Å². The fourth-order valence-electron chi connectivity index (χ4n) is 2.78. The largest absolute Gasteiger partial charge is 0.314 e. The summed E-state index contributed by atoms with van der Waals surface area (Å²) in [5.41, 5.74) is 1.41. The van der Waals surface area contributed by atoms with Crippen molar-refractivity contribution in [2.75, 3.05) is 26.2 Å². The maximum Gasteiger partial charge on any atom is 0.0175 e. The maximum absolute atomic E-state index is 3.69. The van der Waals surface area contributed by atoms with Crippen molar-refractivity contribution < 1.29 is 0 Å². The molecule has 0 aliphatic carbocycles. The molecular weight excluding hydrogens is 300 g/mol. The zero-order chi connectivity index (χ0) is 13.7. The number of halogens is 1. The van der Waals surface area contributed by atoms with Crippen molar-refractivity contribution in [3.05, 3.63) is 34.3 Å². The molecule has 0 radical (unpaired) electrons. The topological polar surface area (TPSA) is 15.3 Å². The Bertz CT molecular complexity index is 377. The van der Waals surface area contributed by atoms with E-state index < -0.39 is 0 Å². The summed E-state index contributed by atoms with van der Waals surface area (Å²) in [4.78, 5) is 2.55. The minimum atomic E-state index is 0.553. The molecule has 2 rings (SSSR count). The second-order valence-corrected chi connectivity index (χ2v) is 6.60. The third-order valence-electron chi connectivity index (χ3n) is 4.03. The molecule has 0 aromatic heterocycles. The molecule has 2 atom stereocenters. The predicted octanol–water partition coefficient (Wildman–Crippen LogP) is 3.31. The second kappa shape index (κ2) is 7.41. The van der Waals surface area contributed by atoms with Gasteiger partial charge in [-0.15, -0.1) is 0 Å². The molecule has 1 fully saturated rings. The van der Waals surface area contributed by atoms with Crippen molar-refractivity contribution in [3.8, 4) is 0 Å². The smallest absolute Gasteiger partial charge is 0.0175 e. The van der Waals surface area contributed by atoms with Crippen LogP contribution in [0.1, 0.15) is 25.8 Å². The average molecular weight is 325 g/mol. The first kappa shape index (κ1) is 15.0. The number of hydrogen-bond donors (Lipinski definition) is 1. The van der Waals surface area contributed by atoms with E-state index in [2.05, 4.69) is 64.3 Å². The van der Waals surface area contributed by atoms with Crippen LogP contribution >= 0.6 is 15.9 Å². The molecule has 0 amide bonds. The van der Waals surface area contributed by atoms with Crippen LogP contribution in [-0.4, -0.2) is 37.1 Å². The molecule has 1 aromatic rings. The molecular formula is C16H25BrN2. The van der Waals surface area contributed by atoms with Crippen LogP contribution in [0.4, 0.5) is 0 Å². The van der Waals surface area contributed by atoms with Crippen LogP contribution in [0.25, 0.3) is 0 Å². The van der Waals surface area contributed by atoms with Gasteiger partial charge < -0.3 is 10.2 Å². The molecule has 0 saturated carbocycles. The molecule has 19 heavy (non-hydrogen) atoms. The number of nitrogens with one attached hydrogen (secondary N) is 1. The Morgan fingerprint density at radius 2 is 2.11 bits per heavy atom. The standard InChI is InChI=1S/C16H25BrN2/c1-3-19-9-8-15(12-19)11-18-13(2)10-14-4-6-16(17)7-5-14/h4-7,13,15,18H,3,8-12H2,1-2H3. The van der Waals surface area contributed by atoms with Crippen molar-refractivity contribution in [3.63, 3.8) is 0 Å². The molecule has 2 nitrogen and oxygen atoms in total. The summed E-state index contributed by atoms with van der Waals surface area (Å²) in [6.07, 6.45) is 2.46. The van der Waals surface area contributed by atoms with Crippen LogP contribution in [0.3, 0.4) is 0 Å². The molecule has 1 N–H and O–H groups in total. The third-order valence-corrected chi connectivity index (χ3v) is 4.56. The van der Waals surface area contributed by atoms with E-state index in [0.29, 0.717) is 6.04 Å². The number of nitrogens with zero attached hydrogens (tertiary/aromatic N) is 1. The lowest BCUT2D eigenvalue weighted by Gasteiger charge is -2.18. The first-order chi connectivity index (χ1) is 9.17. The summed E-state index contributed by atoms with van der Waals surface area (Å²) in [6, 6.07) is 9.21. The molecule has 2 unspecified atom stereocenters. The average Bonchev–Trinajstić information content (AvgIpc) is 2.87. The highest BCUT2D eigenvalue weighted by Gasteiger charge is 2.21. The van der Waals surface area contributed by atoms with Gasteiger partial charge in [-0.1, -0.05) is 35.0 Å². The maximum atomic E-state index is 3.69. The normalized spacial score (nSPS) is 21.7. The molecule has 1 aliphatic rings. The van der Waals surface area contributed by atoms with E-state index in [9.17, 15) is 0 Å². The van der Waals surface area contributed by atoms with Crippen molar-refractivity contribution in [2.24, 2.45) is 5.92 Å². The van der Waals surface area contributed by atoms with Gasteiger partial charge in [0.1, 0.15) is 0 Å². The van der Waals surface area contributed by atoms with Gasteiger partial charge in [0.15, 0.2) is 0 Å². The lowest BCUT2D eigenvalue weighted by atomic mass is 10.1. The van der Waals surface area contributed by atoms with E-state index in [0.717, 1.165) is 23.4 Å². The van der Waals surface area contributed by atoms with Crippen LogP contribution in [-0.2, 0) is 6.42 Å². The van der Waals surface area contributed by atoms with Gasteiger partial charge in [0.2, 0.25) is 0 Å². The highest BCUT2D eigenvalue weighted by Crippen LogP contribution is 2.15. The minimum absolute atomic E-state index is 0.553. The van der Waals surface area contributed by atoms with E-state index in [1.807, 2.05) is 0 Å². The number of benzene rings is 1. The first-order valence-corrected chi connectivity index (χ1v) is 8.17. The number of hydrogen-bond acceptors (Lipinski definition) is 2. The number of likely N-dealkylation sites (tertiary alicyclic amines) is 1. The summed E-state index contributed by atoms with van der Waals surface area (Å²) in [5, 5.41) is 3.69. The van der Waals surface area contributed by atoms with Gasteiger partial charge in [0, 0.05) is 17.1 Å². The monoisotopic (exact) mass is 324 g/mol. The van der Waals surface area contributed by atoms with Crippen molar-refractivity contribution in [1.82, 2.24) is 10.2 Å². The molecule has 1 aliphatic heterocycles. The highest BCUT2D eigenvalue weighted by molar-refractivity contribution is 9.10. The minimum Gasteiger partial charge on any atom is -0.314 e. The molecule has 0 spiro atoms. The van der Waals surface area contributed by atoms with Gasteiger partial charge in [-0.3, -0.25) is 0 Å². The molecule has 1 aromatic carbocycles. The summed E-state index contributed by atoms with van der Waals surface area (Å²) in [5.74, 6) is 0.840. The predicted molar refractivity (Wildman–Crippen MR) is 85.5 cm³/mol. The SMILES string of the molecule is CCN1CCC(CNC(C)Cc2ccc(Br)cc2)C1. The summed E-state index contributed by atoms with van der Waals surface area (Å²) in [7, 11) is 0. The van der Waals surface area contributed by atoms with E-state index in [4.69, 9.17) is 0 Å². The van der Waals surface area contributed by atoms with E-state index >= 15 is 0 Å². The zero-order valence-electron chi connectivity index (χ0n) is 12.0. The van der Waals surface area contributed by atoms with Crippen LogP contribution < -0.4 is 5.32 Å². The van der Waals surface area contributed by atoms with Crippen LogP contribution in [0, 0.1) is 5.92 Å². The molecule has 1 heterocycles. The summed E-state index contributed by atoms with van der Waals surface area (Å²) >= 11 is 3.48. The first-order valence-electron chi connectivity index (χ1n) is 7.37. The van der Waals surface area contributed by atoms with Crippen molar-refractivity contribution in [2.45, 2.75) is 32.7 Å². The van der Waals surface area contributed by atoms with Gasteiger partial charge in [-0.25, -0.2) is 0 Å². The molecule has 0 bridgehead atoms. The molecule has 1 saturated heterocycles. The lowest BCUT2D eigenvalue weighted by Crippen LogP contribution is -2.33. The van der Waals surface area contributed by atoms with E-state index in [1.54, 1.807) is 0 Å². The van der Waals surface area contributed by atoms with Crippen LogP contribution in [0.15, 0.2) is 28.7 Å². The van der Waals surface area contributed by atoms with Crippen molar-refractivity contribution in [1.29, 1.82) is 0 Å². The Morgan fingerprint density at radius 1 is 1.37 bits per heavy atom. The van der Waals surface area contributed by atoms with Gasteiger partial charge in [0.05, 0.1) is 0 Å². The van der Waals surface area contributed by atoms with E-state index in [1.165, 1.54) is 31.6 Å². The second-order valence-electron chi connectivity index (χ2n) is 5.69. The van der Waals surface area contributed by atoms with E-state index in [-0.39, 0.29) is 0 Å². The Labute approximate surface area is 125 Å². The Balaban J connectivity index is 1.70. The van der Waals surface area contributed by atoms with Crippen LogP contribution in [0.5, 0.6) is 0 Å². The molecule has 3 heteroatoms. The van der Waals surface area contributed by atoms with Crippen LogP contribution in [0.2, 0.25) is 0 Å². The Morgan fingerprint density at radius 3 is 2.74 bits per heavy atom. The Kier molecular flexibility index (Phi) is 5.86. The third kappa shape index (κ3) is 4.90. The summed E-state index contributed by atoms with van der Waals surface area (Å²) < 4.78 is 1.16. The summed E-state index contributed by atoms with van der Waals surface area (Å²) in [6.45, 7) is 9.46. The zero-order valence-corrected chi connectivity index (χ0v) is 13.6.